The van der Waals surface area contributed by atoms with Gasteiger partial charge in [-0.05, 0) is 59.3 Å². The Labute approximate surface area is 140 Å². The van der Waals surface area contributed by atoms with Gasteiger partial charge in [-0.25, -0.2) is 4.79 Å². The maximum Gasteiger partial charge on any atom is 0.407 e. The van der Waals surface area contributed by atoms with Gasteiger partial charge in [-0.3, -0.25) is 4.99 Å². The lowest BCUT2D eigenvalue weighted by molar-refractivity contribution is 0.0529. The predicted molar refractivity (Wildman–Crippen MR) is 94.8 cm³/mol. The molecule has 1 rings (SSSR count). The fourth-order valence-electron chi connectivity index (χ4n) is 2.56. The van der Waals surface area contributed by atoms with Crippen LogP contribution in [-0.4, -0.2) is 43.3 Å². The summed E-state index contributed by atoms with van der Waals surface area (Å²) in [4.78, 5) is 16.1. The molecule has 6 nitrogen and oxygen atoms in total. The topological polar surface area (TPSA) is 74.8 Å². The Kier molecular flexibility index (Phi) is 8.20. The Morgan fingerprint density at radius 1 is 1.17 bits per heavy atom. The van der Waals surface area contributed by atoms with Gasteiger partial charge in [0.2, 0.25) is 0 Å². The fourth-order valence-corrected chi connectivity index (χ4v) is 2.56. The molecular weight excluding hydrogens is 292 g/mol. The van der Waals surface area contributed by atoms with Crippen LogP contribution in [0.4, 0.5) is 4.79 Å². The second-order valence-corrected chi connectivity index (χ2v) is 7.29. The fraction of sp³-hybridized carbons (Fsp3) is 0.882. The Morgan fingerprint density at radius 3 is 2.39 bits per heavy atom. The molecule has 0 aromatic carbocycles. The van der Waals surface area contributed by atoms with E-state index in [1.54, 1.807) is 0 Å². The number of amides is 1. The minimum atomic E-state index is -0.470. The van der Waals surface area contributed by atoms with Gasteiger partial charge in [0.1, 0.15) is 5.60 Å². The summed E-state index contributed by atoms with van der Waals surface area (Å²) in [5.41, 5.74) is -0.470. The smallest absolute Gasteiger partial charge is 0.407 e. The third-order valence-electron chi connectivity index (χ3n) is 3.75. The first-order valence-electron chi connectivity index (χ1n) is 8.82. The van der Waals surface area contributed by atoms with Crippen LogP contribution in [0.5, 0.6) is 0 Å². The van der Waals surface area contributed by atoms with Crippen molar-refractivity contribution < 1.29 is 9.53 Å². The van der Waals surface area contributed by atoms with E-state index in [4.69, 9.17) is 4.74 Å². The van der Waals surface area contributed by atoms with E-state index in [9.17, 15) is 4.79 Å². The number of nitrogens with one attached hydrogen (secondary N) is 3. The molecule has 0 heterocycles. The minimum Gasteiger partial charge on any atom is -0.444 e. The van der Waals surface area contributed by atoms with E-state index in [0.717, 1.165) is 18.4 Å². The van der Waals surface area contributed by atoms with Gasteiger partial charge in [0.25, 0.3) is 0 Å². The van der Waals surface area contributed by atoms with E-state index in [1.165, 1.54) is 25.7 Å². The lowest BCUT2D eigenvalue weighted by Gasteiger charge is -2.28. The molecule has 0 aliphatic heterocycles. The van der Waals surface area contributed by atoms with E-state index in [0.29, 0.717) is 19.1 Å². The summed E-state index contributed by atoms with van der Waals surface area (Å²) < 4.78 is 5.19. The third-order valence-corrected chi connectivity index (χ3v) is 3.75. The first-order valence-corrected chi connectivity index (χ1v) is 8.82. The van der Waals surface area contributed by atoms with Gasteiger partial charge in [-0.15, -0.1) is 0 Å². The number of carbonyl (C=O) groups excluding carboxylic acids is 1. The first kappa shape index (κ1) is 19.6. The SMILES string of the molecule is CCNC(=NCCNC(=O)OC(C)(C)C)NC1CCC(C)CC1. The summed E-state index contributed by atoms with van der Waals surface area (Å²) in [7, 11) is 0. The third kappa shape index (κ3) is 9.31. The van der Waals surface area contributed by atoms with E-state index in [1.807, 2.05) is 20.8 Å². The van der Waals surface area contributed by atoms with Crippen molar-refractivity contribution in [2.24, 2.45) is 10.9 Å². The van der Waals surface area contributed by atoms with E-state index >= 15 is 0 Å². The molecule has 0 bridgehead atoms. The number of nitrogens with zero attached hydrogens (tertiary/aromatic N) is 1. The zero-order valence-electron chi connectivity index (χ0n) is 15.4. The van der Waals surface area contributed by atoms with Crippen LogP contribution in [0, 0.1) is 5.92 Å². The van der Waals surface area contributed by atoms with Crippen molar-refractivity contribution in [2.75, 3.05) is 19.6 Å². The van der Waals surface area contributed by atoms with Crippen molar-refractivity contribution in [2.45, 2.75) is 71.9 Å². The summed E-state index contributed by atoms with van der Waals surface area (Å²) in [6, 6.07) is 0.503. The van der Waals surface area contributed by atoms with Crippen molar-refractivity contribution in [1.29, 1.82) is 0 Å². The van der Waals surface area contributed by atoms with Crippen LogP contribution in [0.1, 0.15) is 60.3 Å². The maximum atomic E-state index is 11.6. The molecule has 0 unspecified atom stereocenters. The lowest BCUT2D eigenvalue weighted by atomic mass is 9.87. The van der Waals surface area contributed by atoms with Crippen LogP contribution < -0.4 is 16.0 Å². The molecule has 0 saturated heterocycles. The highest BCUT2D eigenvalue weighted by Crippen LogP contribution is 2.23. The van der Waals surface area contributed by atoms with Gasteiger partial charge in [-0.2, -0.15) is 0 Å². The lowest BCUT2D eigenvalue weighted by Crippen LogP contribution is -2.45. The van der Waals surface area contributed by atoms with Gasteiger partial charge >= 0.3 is 6.09 Å². The number of alkyl carbamates (subject to hydrolysis) is 1. The average molecular weight is 326 g/mol. The molecule has 0 aromatic heterocycles. The van der Waals surface area contributed by atoms with Crippen molar-refractivity contribution >= 4 is 12.1 Å². The number of hydrogen-bond donors (Lipinski definition) is 3. The van der Waals surface area contributed by atoms with Gasteiger partial charge in [0.15, 0.2) is 5.96 Å². The van der Waals surface area contributed by atoms with Gasteiger partial charge in [0.05, 0.1) is 6.54 Å². The van der Waals surface area contributed by atoms with Crippen LogP contribution in [0.15, 0.2) is 4.99 Å². The molecule has 1 amide bonds. The van der Waals surface area contributed by atoms with Gasteiger partial charge in [-0.1, -0.05) is 6.92 Å². The molecule has 1 fully saturated rings. The molecule has 23 heavy (non-hydrogen) atoms. The minimum absolute atomic E-state index is 0.396. The van der Waals surface area contributed by atoms with Crippen molar-refractivity contribution in [1.82, 2.24) is 16.0 Å². The average Bonchev–Trinajstić information content (AvgIpc) is 2.44. The van der Waals surface area contributed by atoms with Crippen LogP contribution in [-0.2, 0) is 4.74 Å². The Hall–Kier alpha value is -1.46. The zero-order valence-corrected chi connectivity index (χ0v) is 15.4. The highest BCUT2D eigenvalue weighted by molar-refractivity contribution is 5.80. The summed E-state index contributed by atoms with van der Waals surface area (Å²) in [6.07, 6.45) is 4.55. The van der Waals surface area contributed by atoms with E-state index in [2.05, 4.69) is 34.8 Å². The first-order chi connectivity index (χ1) is 10.8. The highest BCUT2D eigenvalue weighted by Gasteiger charge is 2.19. The second kappa shape index (κ2) is 9.63. The number of aliphatic imine (C=N–C) groups is 1. The van der Waals surface area contributed by atoms with Crippen molar-refractivity contribution in [3.63, 3.8) is 0 Å². The normalized spacial score (nSPS) is 22.4. The molecule has 0 atom stereocenters. The summed E-state index contributed by atoms with van der Waals surface area (Å²) >= 11 is 0. The largest absolute Gasteiger partial charge is 0.444 e. The molecule has 1 aliphatic carbocycles. The molecule has 0 aromatic rings. The van der Waals surface area contributed by atoms with Crippen molar-refractivity contribution in [3.8, 4) is 0 Å². The van der Waals surface area contributed by atoms with Crippen LogP contribution in [0.3, 0.4) is 0 Å². The number of ether oxygens (including phenoxy) is 1. The Balaban J connectivity index is 2.33. The Bertz CT molecular complexity index is 383. The number of carbonyl (C=O) groups is 1. The quantitative estimate of drug-likeness (QED) is 0.412. The second-order valence-electron chi connectivity index (χ2n) is 7.29. The molecular formula is C17H34N4O2. The summed E-state index contributed by atoms with van der Waals surface area (Å²) in [5, 5.41) is 9.48. The highest BCUT2D eigenvalue weighted by atomic mass is 16.6. The molecule has 3 N–H and O–H groups in total. The number of rotatable bonds is 5. The van der Waals surface area contributed by atoms with Crippen molar-refractivity contribution in [3.05, 3.63) is 0 Å². The zero-order chi connectivity index (χ0) is 17.3. The molecule has 1 aliphatic rings. The van der Waals surface area contributed by atoms with Gasteiger partial charge in [0, 0.05) is 19.1 Å². The monoisotopic (exact) mass is 326 g/mol. The van der Waals surface area contributed by atoms with E-state index in [-0.39, 0.29) is 0 Å². The summed E-state index contributed by atoms with van der Waals surface area (Å²) in [5.74, 6) is 1.67. The van der Waals surface area contributed by atoms with E-state index < -0.39 is 11.7 Å². The molecule has 6 heteroatoms. The molecule has 0 spiro atoms. The number of guanidine groups is 1. The Morgan fingerprint density at radius 2 is 1.83 bits per heavy atom. The molecule has 134 valence electrons. The predicted octanol–water partition coefficient (Wildman–Crippen LogP) is 2.64. The molecule has 0 radical (unpaired) electrons. The van der Waals surface area contributed by atoms with Crippen LogP contribution in [0.25, 0.3) is 0 Å². The maximum absolute atomic E-state index is 11.6. The summed E-state index contributed by atoms with van der Waals surface area (Å²) in [6.45, 7) is 11.7. The van der Waals surface area contributed by atoms with Gasteiger partial charge < -0.3 is 20.7 Å². The van der Waals surface area contributed by atoms with Crippen LogP contribution >= 0.6 is 0 Å². The van der Waals surface area contributed by atoms with Crippen LogP contribution in [0.2, 0.25) is 0 Å². The molecule has 1 saturated carbocycles. The number of hydrogen-bond acceptors (Lipinski definition) is 3. The standard InChI is InChI=1S/C17H34N4O2/c1-6-18-15(21-14-9-7-13(2)8-10-14)19-11-12-20-16(22)23-17(3,4)5/h13-14H,6-12H2,1-5H3,(H,20,22)(H2,18,19,21).